The number of aryl methyl sites for hydroxylation is 1. The number of carbonyl (C=O) groups is 1. The first kappa shape index (κ1) is 16.5. The van der Waals surface area contributed by atoms with Gasteiger partial charge < -0.3 is 4.90 Å². The molecule has 1 amide bonds. The zero-order valence-electron chi connectivity index (χ0n) is 13.5. The van der Waals surface area contributed by atoms with E-state index in [2.05, 4.69) is 10.4 Å². The second-order valence-corrected chi connectivity index (χ2v) is 7.30. The molecule has 6 heteroatoms. The third kappa shape index (κ3) is 3.01. The van der Waals surface area contributed by atoms with Crippen molar-refractivity contribution in [2.75, 3.05) is 14.1 Å². The van der Waals surface area contributed by atoms with Crippen LogP contribution < -0.4 is 0 Å². The molecule has 3 aromatic rings. The Morgan fingerprint density at radius 3 is 2.54 bits per heavy atom. The molecule has 3 rings (SSSR count). The number of thioether (sulfide) groups is 1. The molecular weight excluding hydrogens is 338 g/mol. The molecule has 0 spiro atoms. The number of hydrogen-bond donors (Lipinski definition) is 0. The third-order valence-electron chi connectivity index (χ3n) is 3.65. The van der Waals surface area contributed by atoms with Crippen LogP contribution in [0.15, 0.2) is 41.3 Å². The summed E-state index contributed by atoms with van der Waals surface area (Å²) in [4.78, 5) is 14.6. The second kappa shape index (κ2) is 6.63. The molecule has 0 saturated carbocycles. The Morgan fingerprint density at radius 2 is 1.92 bits per heavy atom. The fourth-order valence-corrected chi connectivity index (χ4v) is 4.22. The largest absolute Gasteiger partial charge is 0.339 e. The van der Waals surface area contributed by atoms with Crippen molar-refractivity contribution < 1.29 is 4.79 Å². The van der Waals surface area contributed by atoms with Crippen LogP contribution in [0.25, 0.3) is 21.2 Å². The van der Waals surface area contributed by atoms with Crippen molar-refractivity contribution in [3.8, 4) is 17.2 Å². The highest BCUT2D eigenvalue weighted by Crippen LogP contribution is 2.41. The number of rotatable bonds is 2. The topological polar surface area (TPSA) is 57.0 Å². The molecule has 24 heavy (non-hydrogen) atoms. The average Bonchev–Trinajstić information content (AvgIpc) is 2.96. The zero-order valence-corrected chi connectivity index (χ0v) is 15.2. The highest BCUT2D eigenvalue weighted by Gasteiger charge is 2.17. The van der Waals surface area contributed by atoms with E-state index in [1.165, 1.54) is 23.3 Å². The van der Waals surface area contributed by atoms with Crippen molar-refractivity contribution in [1.29, 1.82) is 5.26 Å². The summed E-state index contributed by atoms with van der Waals surface area (Å²) in [5.41, 5.74) is 3.59. The van der Waals surface area contributed by atoms with Gasteiger partial charge in [-0.25, -0.2) is 0 Å². The minimum absolute atomic E-state index is 0.0227. The van der Waals surface area contributed by atoms with Gasteiger partial charge in [0.05, 0.1) is 22.0 Å². The molecule has 0 bridgehead atoms. The summed E-state index contributed by atoms with van der Waals surface area (Å²) in [5.74, 6) is 0. The summed E-state index contributed by atoms with van der Waals surface area (Å²) in [5, 5.41) is 10.1. The van der Waals surface area contributed by atoms with Crippen molar-refractivity contribution in [3.05, 3.63) is 47.7 Å². The Morgan fingerprint density at radius 1 is 1.21 bits per heavy atom. The summed E-state index contributed by atoms with van der Waals surface area (Å²) in [6, 6.07) is 13.6. The molecule has 0 radical (unpaired) electrons. The van der Waals surface area contributed by atoms with Crippen LogP contribution in [0.5, 0.6) is 0 Å². The van der Waals surface area contributed by atoms with Crippen LogP contribution in [0.4, 0.5) is 4.79 Å². The molecule has 1 aromatic heterocycles. The molecule has 1 heterocycles. The molecule has 0 N–H and O–H groups in total. The average molecular weight is 353 g/mol. The SMILES string of the molecule is Cc1nsc2c(-c3ccc(C#N)cc3)c(SC(=O)N(C)C)ccc12. The standard InChI is InChI=1S/C18H15N3OS2/c1-11-14-8-9-15(23-18(22)21(2)3)16(17(14)24-20-11)13-6-4-12(10-19)5-7-13/h4-9H,1-3H3. The Balaban J connectivity index is 2.20. The Kier molecular flexibility index (Phi) is 4.56. The third-order valence-corrected chi connectivity index (χ3v) is 5.72. The lowest BCUT2D eigenvalue weighted by molar-refractivity contribution is 0.241. The maximum absolute atomic E-state index is 12.2. The first-order valence-electron chi connectivity index (χ1n) is 7.30. The predicted molar refractivity (Wildman–Crippen MR) is 99.4 cm³/mol. The summed E-state index contributed by atoms with van der Waals surface area (Å²) in [6.45, 7) is 1.99. The molecule has 0 aliphatic carbocycles. The van der Waals surface area contributed by atoms with Gasteiger partial charge in [0.1, 0.15) is 0 Å². The number of benzene rings is 2. The van der Waals surface area contributed by atoms with Gasteiger partial charge in [0, 0.05) is 29.9 Å². The lowest BCUT2D eigenvalue weighted by atomic mass is 10.0. The maximum atomic E-state index is 12.2. The highest BCUT2D eigenvalue weighted by atomic mass is 32.2. The Labute approximate surface area is 148 Å². The van der Waals surface area contributed by atoms with E-state index in [0.717, 1.165) is 31.8 Å². The number of aromatic nitrogens is 1. The summed E-state index contributed by atoms with van der Waals surface area (Å²) in [7, 11) is 3.48. The van der Waals surface area contributed by atoms with E-state index in [1.807, 2.05) is 31.2 Å². The first-order valence-corrected chi connectivity index (χ1v) is 8.89. The minimum Gasteiger partial charge on any atom is -0.339 e. The summed E-state index contributed by atoms with van der Waals surface area (Å²) < 4.78 is 5.52. The van der Waals surface area contributed by atoms with Crippen molar-refractivity contribution in [1.82, 2.24) is 9.27 Å². The lowest BCUT2D eigenvalue weighted by Gasteiger charge is -2.13. The second-order valence-electron chi connectivity index (χ2n) is 5.53. The van der Waals surface area contributed by atoms with Gasteiger partial charge in [-0.3, -0.25) is 4.79 Å². The first-order chi connectivity index (χ1) is 11.5. The van der Waals surface area contributed by atoms with E-state index >= 15 is 0 Å². The summed E-state index contributed by atoms with van der Waals surface area (Å²) in [6.07, 6.45) is 0. The van der Waals surface area contributed by atoms with Crippen molar-refractivity contribution in [2.45, 2.75) is 11.8 Å². The molecule has 120 valence electrons. The van der Waals surface area contributed by atoms with Crippen LogP contribution in [0.2, 0.25) is 0 Å². The van der Waals surface area contributed by atoms with E-state index in [9.17, 15) is 4.79 Å². The van der Waals surface area contributed by atoms with Crippen LogP contribution in [0, 0.1) is 18.3 Å². The van der Waals surface area contributed by atoms with Crippen molar-refractivity contribution in [3.63, 3.8) is 0 Å². The number of nitriles is 1. The number of hydrogen-bond acceptors (Lipinski definition) is 5. The zero-order chi connectivity index (χ0) is 17.3. The van der Waals surface area contributed by atoms with Crippen molar-refractivity contribution >= 4 is 38.6 Å². The molecule has 0 aliphatic heterocycles. The molecular formula is C18H15N3OS2. The molecule has 0 saturated heterocycles. The van der Waals surface area contributed by atoms with Gasteiger partial charge in [-0.15, -0.1) is 0 Å². The van der Waals surface area contributed by atoms with E-state index in [4.69, 9.17) is 5.26 Å². The van der Waals surface area contributed by atoms with Gasteiger partial charge in [0.2, 0.25) is 0 Å². The Bertz CT molecular complexity index is 953. The highest BCUT2D eigenvalue weighted by molar-refractivity contribution is 8.13. The fraction of sp³-hybridized carbons (Fsp3) is 0.167. The monoisotopic (exact) mass is 353 g/mol. The number of fused-ring (bicyclic) bond motifs is 1. The van der Waals surface area contributed by atoms with Crippen LogP contribution in [-0.4, -0.2) is 28.6 Å². The molecule has 0 unspecified atom stereocenters. The molecule has 4 nitrogen and oxygen atoms in total. The fourth-order valence-electron chi connectivity index (χ4n) is 2.36. The van der Waals surface area contributed by atoms with Gasteiger partial charge in [-0.1, -0.05) is 18.2 Å². The van der Waals surface area contributed by atoms with E-state index in [-0.39, 0.29) is 5.24 Å². The van der Waals surface area contributed by atoms with Crippen LogP contribution in [0.3, 0.4) is 0 Å². The lowest BCUT2D eigenvalue weighted by Crippen LogP contribution is -2.16. The van der Waals surface area contributed by atoms with Crippen LogP contribution in [-0.2, 0) is 0 Å². The molecule has 0 atom stereocenters. The summed E-state index contributed by atoms with van der Waals surface area (Å²) >= 11 is 2.65. The van der Waals surface area contributed by atoms with Crippen LogP contribution >= 0.6 is 23.3 Å². The van der Waals surface area contributed by atoms with Gasteiger partial charge in [-0.2, -0.15) is 9.64 Å². The van der Waals surface area contributed by atoms with E-state index < -0.39 is 0 Å². The smallest absolute Gasteiger partial charge is 0.285 e. The van der Waals surface area contributed by atoms with Gasteiger partial charge in [0.15, 0.2) is 0 Å². The normalized spacial score (nSPS) is 10.6. The minimum atomic E-state index is -0.0227. The van der Waals surface area contributed by atoms with E-state index in [1.54, 1.807) is 31.1 Å². The maximum Gasteiger partial charge on any atom is 0.285 e. The van der Waals surface area contributed by atoms with Gasteiger partial charge in [0.25, 0.3) is 5.24 Å². The Hall–Kier alpha value is -2.36. The molecule has 2 aromatic carbocycles. The predicted octanol–water partition coefficient (Wildman–Crippen LogP) is 4.92. The quantitative estimate of drug-likeness (QED) is 0.614. The number of carbonyl (C=O) groups excluding carboxylic acids is 1. The van der Waals surface area contributed by atoms with Gasteiger partial charge >= 0.3 is 0 Å². The molecule has 0 fully saturated rings. The van der Waals surface area contributed by atoms with Crippen LogP contribution in [0.1, 0.15) is 11.3 Å². The molecule has 0 aliphatic rings. The van der Waals surface area contributed by atoms with Gasteiger partial charge in [-0.05, 0) is 54.0 Å². The van der Waals surface area contributed by atoms with Crippen molar-refractivity contribution in [2.24, 2.45) is 0 Å². The number of nitrogens with zero attached hydrogens (tertiary/aromatic N) is 3. The van der Waals surface area contributed by atoms with E-state index in [0.29, 0.717) is 5.56 Å². The number of amides is 1.